The van der Waals surface area contributed by atoms with Gasteiger partial charge in [0.15, 0.2) is 11.5 Å². The van der Waals surface area contributed by atoms with E-state index in [1.165, 1.54) is 0 Å². The van der Waals surface area contributed by atoms with Gasteiger partial charge in [-0.05, 0) is 69.6 Å². The Kier molecular flexibility index (Phi) is 7.57. The van der Waals surface area contributed by atoms with Gasteiger partial charge >= 0.3 is 0 Å². The molecule has 0 fully saturated rings. The molecule has 6 heteroatoms. The van der Waals surface area contributed by atoms with Crippen LogP contribution in [0.4, 0.5) is 0 Å². The molecule has 0 heterocycles. The van der Waals surface area contributed by atoms with E-state index >= 15 is 0 Å². The lowest BCUT2D eigenvalue weighted by atomic mass is 10.0. The fraction of sp³-hybridized carbons (Fsp3) is 0.111. The van der Waals surface area contributed by atoms with Crippen molar-refractivity contribution in [2.75, 3.05) is 6.61 Å². The van der Waals surface area contributed by atoms with Crippen LogP contribution in [0.5, 0.6) is 11.5 Å². The molecule has 0 radical (unpaired) electrons. The lowest BCUT2D eigenvalue weighted by Crippen LogP contribution is -2.18. The first-order valence-corrected chi connectivity index (χ1v) is 11.7. The number of carbonyl (C=O) groups excluding carboxylic acids is 1. The van der Waals surface area contributed by atoms with E-state index in [4.69, 9.17) is 9.47 Å². The first-order chi connectivity index (χ1) is 16.2. The van der Waals surface area contributed by atoms with Gasteiger partial charge in [-0.3, -0.25) is 4.79 Å². The Labute approximate surface area is 206 Å². The number of carbonyl (C=O) groups is 1. The van der Waals surface area contributed by atoms with Crippen LogP contribution in [-0.2, 0) is 6.61 Å². The highest BCUT2D eigenvalue weighted by Crippen LogP contribution is 2.34. The topological polar surface area (TPSA) is 59.9 Å². The number of halogens is 1. The monoisotopic (exact) mass is 550 g/mol. The van der Waals surface area contributed by atoms with Crippen LogP contribution in [0.25, 0.3) is 10.8 Å². The van der Waals surface area contributed by atoms with Crippen molar-refractivity contribution >= 4 is 45.5 Å². The van der Waals surface area contributed by atoms with Gasteiger partial charge in [-0.2, -0.15) is 5.10 Å². The third-order valence-electron chi connectivity index (χ3n) is 4.97. The minimum absolute atomic E-state index is 0.259. The summed E-state index contributed by atoms with van der Waals surface area (Å²) in [6, 6.07) is 27.2. The lowest BCUT2D eigenvalue weighted by Gasteiger charge is -2.14. The summed E-state index contributed by atoms with van der Waals surface area (Å²) in [6.45, 7) is 2.89. The zero-order valence-corrected chi connectivity index (χ0v) is 20.3. The second-order valence-corrected chi connectivity index (χ2v) is 8.43. The number of hydrogen-bond donors (Lipinski definition) is 1. The first-order valence-electron chi connectivity index (χ1n) is 10.6. The Bertz CT molecular complexity index is 1280. The van der Waals surface area contributed by atoms with E-state index in [2.05, 4.69) is 33.1 Å². The Hall–Kier alpha value is -3.39. The summed E-state index contributed by atoms with van der Waals surface area (Å²) in [5.74, 6) is 1.07. The number of ether oxygens (including phenoxy) is 2. The van der Waals surface area contributed by atoms with Crippen LogP contribution in [0.2, 0.25) is 0 Å². The van der Waals surface area contributed by atoms with Crippen molar-refractivity contribution in [2.24, 2.45) is 5.10 Å². The molecule has 4 rings (SSSR count). The van der Waals surface area contributed by atoms with Crippen LogP contribution < -0.4 is 14.9 Å². The Morgan fingerprint density at radius 1 is 0.970 bits per heavy atom. The van der Waals surface area contributed by atoms with E-state index in [0.717, 1.165) is 25.5 Å². The predicted octanol–water partition coefficient (Wildman–Crippen LogP) is 6.19. The molecule has 1 amide bonds. The largest absolute Gasteiger partial charge is 0.490 e. The van der Waals surface area contributed by atoms with Gasteiger partial charge in [0.25, 0.3) is 5.91 Å². The van der Waals surface area contributed by atoms with Crippen molar-refractivity contribution in [1.82, 2.24) is 5.43 Å². The van der Waals surface area contributed by atoms with Crippen molar-refractivity contribution in [3.05, 3.63) is 105 Å². The second kappa shape index (κ2) is 11.0. The molecule has 0 aliphatic carbocycles. The summed E-state index contributed by atoms with van der Waals surface area (Å²) in [6.07, 6.45) is 1.61. The maximum Gasteiger partial charge on any atom is 0.271 e. The van der Waals surface area contributed by atoms with E-state index in [0.29, 0.717) is 30.3 Å². The molecule has 4 aromatic rings. The molecule has 166 valence electrons. The number of benzene rings is 4. The number of rotatable bonds is 8. The molecule has 0 aliphatic heterocycles. The molecule has 0 atom stereocenters. The molecular weight excluding hydrogens is 527 g/mol. The molecule has 0 saturated heterocycles. The van der Waals surface area contributed by atoms with Gasteiger partial charge in [-0.25, -0.2) is 5.43 Å². The summed E-state index contributed by atoms with van der Waals surface area (Å²) in [5.41, 5.74) is 5.09. The van der Waals surface area contributed by atoms with Gasteiger partial charge < -0.3 is 9.47 Å². The average Bonchev–Trinajstić information content (AvgIpc) is 2.84. The lowest BCUT2D eigenvalue weighted by molar-refractivity contribution is 0.0957. The molecule has 0 aliphatic rings. The normalized spacial score (nSPS) is 11.0. The van der Waals surface area contributed by atoms with E-state index in [1.54, 1.807) is 12.3 Å². The smallest absolute Gasteiger partial charge is 0.271 e. The predicted molar refractivity (Wildman–Crippen MR) is 140 cm³/mol. The molecule has 1 N–H and O–H groups in total. The number of amides is 1. The van der Waals surface area contributed by atoms with Crippen molar-refractivity contribution in [2.45, 2.75) is 13.5 Å². The van der Waals surface area contributed by atoms with Crippen molar-refractivity contribution < 1.29 is 14.3 Å². The number of hydrazone groups is 1. The Morgan fingerprint density at radius 3 is 2.55 bits per heavy atom. The summed E-state index contributed by atoms with van der Waals surface area (Å²) in [5, 5.41) is 6.07. The molecule has 5 nitrogen and oxygen atoms in total. The minimum Gasteiger partial charge on any atom is -0.490 e. The van der Waals surface area contributed by atoms with E-state index in [-0.39, 0.29) is 5.91 Å². The van der Waals surface area contributed by atoms with Crippen LogP contribution >= 0.6 is 22.6 Å². The molecule has 4 aromatic carbocycles. The number of hydrogen-bond acceptors (Lipinski definition) is 4. The first kappa shape index (κ1) is 22.8. The summed E-state index contributed by atoms with van der Waals surface area (Å²) in [4.78, 5) is 12.7. The SMILES string of the molecule is CCOc1cc(C=NNC(=O)c2cccc3ccccc23)cc(I)c1OCc1ccccc1. The molecule has 0 aromatic heterocycles. The quantitative estimate of drug-likeness (QED) is 0.162. The van der Waals surface area contributed by atoms with Crippen molar-refractivity contribution in [1.29, 1.82) is 0 Å². The Balaban J connectivity index is 1.49. The molecule has 0 saturated carbocycles. The second-order valence-electron chi connectivity index (χ2n) is 7.26. The Morgan fingerprint density at radius 2 is 1.73 bits per heavy atom. The zero-order chi connectivity index (χ0) is 23.0. The third-order valence-corrected chi connectivity index (χ3v) is 5.77. The van der Waals surface area contributed by atoms with Crippen LogP contribution in [-0.4, -0.2) is 18.7 Å². The maximum absolute atomic E-state index is 12.7. The summed E-state index contributed by atoms with van der Waals surface area (Å²) >= 11 is 2.22. The van der Waals surface area contributed by atoms with E-state index in [9.17, 15) is 4.79 Å². The van der Waals surface area contributed by atoms with Gasteiger partial charge in [-0.15, -0.1) is 0 Å². The van der Waals surface area contributed by atoms with Crippen LogP contribution in [0.1, 0.15) is 28.4 Å². The molecule has 0 spiro atoms. The summed E-state index contributed by atoms with van der Waals surface area (Å²) in [7, 11) is 0. The molecular formula is C27H23IN2O3. The molecule has 33 heavy (non-hydrogen) atoms. The zero-order valence-electron chi connectivity index (χ0n) is 18.1. The maximum atomic E-state index is 12.7. The van der Waals surface area contributed by atoms with Gasteiger partial charge in [0.2, 0.25) is 0 Å². The highest BCUT2D eigenvalue weighted by atomic mass is 127. The van der Waals surface area contributed by atoms with Crippen LogP contribution in [0.3, 0.4) is 0 Å². The summed E-state index contributed by atoms with van der Waals surface area (Å²) < 4.78 is 12.8. The highest BCUT2D eigenvalue weighted by Gasteiger charge is 2.13. The van der Waals surface area contributed by atoms with E-state index in [1.807, 2.05) is 85.8 Å². The fourth-order valence-electron chi connectivity index (χ4n) is 3.44. The number of nitrogens with zero attached hydrogens (tertiary/aromatic N) is 1. The van der Waals surface area contributed by atoms with Gasteiger partial charge in [0.1, 0.15) is 6.61 Å². The highest BCUT2D eigenvalue weighted by molar-refractivity contribution is 14.1. The number of fused-ring (bicyclic) bond motifs is 1. The average molecular weight is 550 g/mol. The van der Waals surface area contributed by atoms with Gasteiger partial charge in [0, 0.05) is 5.56 Å². The van der Waals surface area contributed by atoms with E-state index < -0.39 is 0 Å². The number of nitrogens with one attached hydrogen (secondary N) is 1. The van der Waals surface area contributed by atoms with Gasteiger partial charge in [0.05, 0.1) is 16.4 Å². The van der Waals surface area contributed by atoms with Crippen LogP contribution in [0, 0.1) is 3.57 Å². The van der Waals surface area contributed by atoms with Crippen molar-refractivity contribution in [3.63, 3.8) is 0 Å². The minimum atomic E-state index is -0.259. The third kappa shape index (κ3) is 5.70. The molecule has 0 unspecified atom stereocenters. The fourth-order valence-corrected chi connectivity index (χ4v) is 4.23. The molecule has 0 bridgehead atoms. The standard InChI is InChI=1S/C27H23IN2O3/c1-2-32-25-16-20(15-24(28)26(25)33-18-19-9-4-3-5-10-19)17-29-30-27(31)23-14-8-12-21-11-6-7-13-22(21)23/h3-17H,2,18H2,1H3,(H,30,31). The van der Waals surface area contributed by atoms with Gasteiger partial charge in [-0.1, -0.05) is 66.7 Å². The van der Waals surface area contributed by atoms with Crippen LogP contribution in [0.15, 0.2) is 90.0 Å². The van der Waals surface area contributed by atoms with Crippen molar-refractivity contribution in [3.8, 4) is 11.5 Å².